The van der Waals surface area contributed by atoms with Gasteiger partial charge in [-0.05, 0) is 71.7 Å². The van der Waals surface area contributed by atoms with Gasteiger partial charge in [0.25, 0.3) is 0 Å². The van der Waals surface area contributed by atoms with Crippen LogP contribution in [0.4, 0.5) is 0 Å². The van der Waals surface area contributed by atoms with Crippen LogP contribution in [0.1, 0.15) is 11.0 Å². The monoisotopic (exact) mass is 824 g/mol. The van der Waals surface area contributed by atoms with Crippen molar-refractivity contribution >= 4 is 87.4 Å². The van der Waals surface area contributed by atoms with Crippen LogP contribution in [0, 0.1) is 0 Å². The summed E-state index contributed by atoms with van der Waals surface area (Å²) in [7, 11) is 0. The number of aromatic nitrogens is 4. The predicted molar refractivity (Wildman–Crippen MR) is 265 cm³/mol. The molecular weight excluding hydrogens is 781 g/mol. The quantitative estimate of drug-likeness (QED) is 0.173. The maximum absolute atomic E-state index is 9.52. The SMILES string of the molecule is [2H]c1c([2H])c([2H])c2c(c1[2H])c1c([2H])c([2H])c([2H])c([2H])c1n2-c1cc(-c2c(-c3cccc4oc5ccccc5c34)cccc2-n2c3ccccc3c3ccccc32)nc(-n2c3ccccc3c3ccccc32)c1. The Morgan fingerprint density at radius 2 is 0.891 bits per heavy atom. The lowest BCUT2D eigenvalue weighted by Crippen LogP contribution is -2.06. The summed E-state index contributed by atoms with van der Waals surface area (Å²) in [5.41, 5.74) is 9.26. The molecule has 0 aliphatic carbocycles. The van der Waals surface area contributed by atoms with E-state index in [0.717, 1.165) is 82.3 Å². The van der Waals surface area contributed by atoms with E-state index in [-0.39, 0.29) is 33.9 Å². The average Bonchev–Trinajstić information content (AvgIpc) is 4.18. The third-order valence-electron chi connectivity index (χ3n) is 12.7. The summed E-state index contributed by atoms with van der Waals surface area (Å²) >= 11 is 0. The molecule has 5 aromatic heterocycles. The van der Waals surface area contributed by atoms with Crippen molar-refractivity contribution in [3.05, 3.63) is 218 Å². The summed E-state index contributed by atoms with van der Waals surface area (Å²) in [5.74, 6) is 0.464. The van der Waals surface area contributed by atoms with E-state index in [9.17, 15) is 5.48 Å². The molecule has 0 N–H and O–H groups in total. The van der Waals surface area contributed by atoms with Crippen LogP contribution >= 0.6 is 0 Å². The molecule has 0 spiro atoms. The third-order valence-corrected chi connectivity index (χ3v) is 12.7. The fraction of sp³-hybridized carbons (Fsp3) is 0. The van der Waals surface area contributed by atoms with Crippen molar-refractivity contribution in [2.24, 2.45) is 0 Å². The standard InChI is InChI=1S/C59H36N4O/c1-8-26-48-38(17-1)39-18-2-9-27-49(39)61(48)37-35-47(60-57(36-37)63-52-30-12-5-21-42(52)43-22-6-13-31-53(43)63)59-45(44-25-16-34-56-58(44)46-23-7-14-33-55(46)64-56)24-15-32-54(59)62-50-28-10-3-19-40(50)41-20-4-11-29-51(41)62/h1-36H/i1D,2D,8D,9D,17D,18D,26D,27D. The molecule has 0 amide bonds. The zero-order chi connectivity index (χ0) is 48.8. The van der Waals surface area contributed by atoms with Crippen molar-refractivity contribution < 1.29 is 15.4 Å². The van der Waals surface area contributed by atoms with Crippen molar-refractivity contribution in [1.82, 2.24) is 18.7 Å². The number of para-hydroxylation sites is 7. The molecule has 5 heteroatoms. The molecular formula is C59H36N4O. The molecule has 0 aliphatic rings. The topological polar surface area (TPSA) is 40.8 Å². The fourth-order valence-corrected chi connectivity index (χ4v) is 10.1. The van der Waals surface area contributed by atoms with Gasteiger partial charge in [0.05, 0.1) is 61.1 Å². The zero-order valence-electron chi connectivity index (χ0n) is 41.9. The smallest absolute Gasteiger partial charge is 0.140 e. The second-order valence-corrected chi connectivity index (χ2v) is 16.1. The second-order valence-electron chi connectivity index (χ2n) is 16.1. The molecule has 0 unspecified atom stereocenters. The predicted octanol–water partition coefficient (Wildman–Crippen LogP) is 15.6. The summed E-state index contributed by atoms with van der Waals surface area (Å²) in [4.78, 5) is 5.72. The van der Waals surface area contributed by atoms with E-state index in [0.29, 0.717) is 22.8 Å². The summed E-state index contributed by atoms with van der Waals surface area (Å²) in [6.07, 6.45) is 0. The average molecular weight is 825 g/mol. The van der Waals surface area contributed by atoms with Gasteiger partial charge in [-0.1, -0.05) is 152 Å². The minimum Gasteiger partial charge on any atom is -0.456 e. The zero-order valence-corrected chi connectivity index (χ0v) is 33.9. The lowest BCUT2D eigenvalue weighted by atomic mass is 9.92. The van der Waals surface area contributed by atoms with E-state index in [1.807, 2.05) is 103 Å². The van der Waals surface area contributed by atoms with Crippen LogP contribution in [-0.2, 0) is 0 Å². The molecule has 64 heavy (non-hydrogen) atoms. The first-order valence-corrected chi connectivity index (χ1v) is 21.1. The van der Waals surface area contributed by atoms with Crippen LogP contribution in [-0.4, -0.2) is 18.7 Å². The van der Waals surface area contributed by atoms with Crippen LogP contribution in [0.5, 0.6) is 0 Å². The summed E-state index contributed by atoms with van der Waals surface area (Å²) in [6.45, 7) is 0. The summed E-state index contributed by atoms with van der Waals surface area (Å²) in [5, 5.41) is 5.95. The minimum absolute atomic E-state index is 0.00957. The van der Waals surface area contributed by atoms with E-state index in [4.69, 9.17) is 14.9 Å². The number of pyridine rings is 1. The number of rotatable bonds is 5. The number of benzene rings is 9. The Kier molecular flexibility index (Phi) is 5.88. The summed E-state index contributed by atoms with van der Waals surface area (Å²) < 4.78 is 85.6. The number of furan rings is 1. The lowest BCUT2D eigenvalue weighted by Gasteiger charge is -2.20. The normalized spacial score (nSPS) is 13.8. The van der Waals surface area contributed by atoms with Crippen molar-refractivity contribution in [2.45, 2.75) is 0 Å². The van der Waals surface area contributed by atoms with Crippen LogP contribution in [0.15, 0.2) is 223 Å². The molecule has 0 radical (unpaired) electrons. The van der Waals surface area contributed by atoms with Gasteiger partial charge < -0.3 is 13.6 Å². The molecule has 0 bridgehead atoms. The highest BCUT2D eigenvalue weighted by Gasteiger charge is 2.25. The Morgan fingerprint density at radius 1 is 0.391 bits per heavy atom. The molecule has 9 aromatic carbocycles. The van der Waals surface area contributed by atoms with E-state index in [1.165, 1.54) is 0 Å². The first-order valence-electron chi connectivity index (χ1n) is 25.1. The van der Waals surface area contributed by atoms with Gasteiger partial charge in [0.15, 0.2) is 0 Å². The van der Waals surface area contributed by atoms with E-state index >= 15 is 0 Å². The number of hydrogen-bond acceptors (Lipinski definition) is 2. The van der Waals surface area contributed by atoms with Gasteiger partial charge in [-0.15, -0.1) is 0 Å². The Bertz CT molecular complexity index is 4510. The van der Waals surface area contributed by atoms with Gasteiger partial charge in [0.1, 0.15) is 17.0 Å². The van der Waals surface area contributed by atoms with Crippen molar-refractivity contribution in [1.29, 1.82) is 0 Å². The van der Waals surface area contributed by atoms with Gasteiger partial charge in [-0.2, -0.15) is 0 Å². The number of hydrogen-bond donors (Lipinski definition) is 0. The Hall–Kier alpha value is -8.67. The molecule has 5 heterocycles. The van der Waals surface area contributed by atoms with Crippen LogP contribution in [0.3, 0.4) is 0 Å². The first-order chi connectivity index (χ1) is 35.1. The molecule has 14 rings (SSSR count). The maximum Gasteiger partial charge on any atom is 0.140 e. The molecule has 0 fully saturated rings. The van der Waals surface area contributed by atoms with Crippen molar-refractivity contribution in [3.8, 4) is 39.6 Å². The first kappa shape index (κ1) is 28.0. The van der Waals surface area contributed by atoms with Gasteiger partial charge >= 0.3 is 0 Å². The molecule has 5 nitrogen and oxygen atoms in total. The lowest BCUT2D eigenvalue weighted by molar-refractivity contribution is 0.669. The Labute approximate surface area is 378 Å². The van der Waals surface area contributed by atoms with Crippen LogP contribution in [0.25, 0.3) is 127 Å². The highest BCUT2D eigenvalue weighted by Crippen LogP contribution is 2.46. The van der Waals surface area contributed by atoms with Gasteiger partial charge in [-0.3, -0.25) is 4.57 Å². The van der Waals surface area contributed by atoms with Gasteiger partial charge in [0.2, 0.25) is 0 Å². The van der Waals surface area contributed by atoms with Crippen LogP contribution in [0.2, 0.25) is 0 Å². The molecule has 0 aliphatic heterocycles. The second kappa shape index (κ2) is 13.4. The van der Waals surface area contributed by atoms with Crippen molar-refractivity contribution in [2.75, 3.05) is 0 Å². The Morgan fingerprint density at radius 3 is 1.52 bits per heavy atom. The van der Waals surface area contributed by atoms with E-state index in [1.54, 1.807) is 4.57 Å². The number of nitrogens with zero attached hydrogens (tertiary/aromatic N) is 4. The minimum atomic E-state index is -0.508. The highest BCUT2D eigenvalue weighted by atomic mass is 16.3. The molecule has 298 valence electrons. The fourth-order valence-electron chi connectivity index (χ4n) is 10.1. The maximum atomic E-state index is 9.52. The molecule has 0 saturated heterocycles. The summed E-state index contributed by atoms with van der Waals surface area (Å²) in [6, 6.07) is 53.2. The van der Waals surface area contributed by atoms with Gasteiger partial charge in [0, 0.05) is 54.7 Å². The molecule has 14 aromatic rings. The third kappa shape index (κ3) is 4.92. The molecule has 0 atom stereocenters. The molecule has 0 saturated carbocycles. The van der Waals surface area contributed by atoms with Crippen LogP contribution < -0.4 is 0 Å². The Balaban J connectivity index is 1.21. The van der Waals surface area contributed by atoms with Gasteiger partial charge in [-0.25, -0.2) is 4.98 Å². The van der Waals surface area contributed by atoms with E-state index < -0.39 is 36.3 Å². The number of fused-ring (bicyclic) bond motifs is 12. The van der Waals surface area contributed by atoms with E-state index in [2.05, 4.69) is 75.9 Å². The largest absolute Gasteiger partial charge is 0.456 e. The van der Waals surface area contributed by atoms with Crippen molar-refractivity contribution in [3.63, 3.8) is 0 Å². The highest BCUT2D eigenvalue weighted by molar-refractivity contribution is 6.16.